The first-order valence-electron chi connectivity index (χ1n) is 8.76. The first kappa shape index (κ1) is 19.9. The molecule has 138 valence electrons. The summed E-state index contributed by atoms with van der Waals surface area (Å²) in [5, 5.41) is 8.87. The van der Waals surface area contributed by atoms with E-state index < -0.39 is 0 Å². The van der Waals surface area contributed by atoms with Crippen LogP contribution in [0.3, 0.4) is 0 Å². The molecule has 0 amide bonds. The summed E-state index contributed by atoms with van der Waals surface area (Å²) in [5.41, 5.74) is 1.12. The van der Waals surface area contributed by atoms with Crippen molar-refractivity contribution in [2.24, 2.45) is 0 Å². The van der Waals surface area contributed by atoms with E-state index in [-0.39, 0.29) is 0 Å². The van der Waals surface area contributed by atoms with Gasteiger partial charge in [0.25, 0.3) is 0 Å². The van der Waals surface area contributed by atoms with Gasteiger partial charge in [-0.2, -0.15) is 5.26 Å². The molecule has 0 spiro atoms. The highest BCUT2D eigenvalue weighted by atomic mass is 32.2. The van der Waals surface area contributed by atoms with Crippen molar-refractivity contribution in [3.05, 3.63) is 42.2 Å². The molecule has 0 bridgehead atoms. The summed E-state index contributed by atoms with van der Waals surface area (Å²) in [7, 11) is 0. The number of ether oxygens (including phenoxy) is 1. The van der Waals surface area contributed by atoms with E-state index >= 15 is 0 Å². The van der Waals surface area contributed by atoms with E-state index in [1.54, 1.807) is 29.1 Å². The zero-order valence-electron chi connectivity index (χ0n) is 15.6. The smallest absolute Gasteiger partial charge is 0.225 e. The van der Waals surface area contributed by atoms with Crippen LogP contribution in [0.4, 0.5) is 5.95 Å². The van der Waals surface area contributed by atoms with Crippen molar-refractivity contribution in [2.75, 3.05) is 37.3 Å². The fourth-order valence-electron chi connectivity index (χ4n) is 2.44. The number of hydrogen-bond acceptors (Lipinski definition) is 7. The van der Waals surface area contributed by atoms with Crippen LogP contribution < -0.4 is 9.64 Å². The summed E-state index contributed by atoms with van der Waals surface area (Å²) in [4.78, 5) is 13.8. The lowest BCUT2D eigenvalue weighted by Crippen LogP contribution is -2.44. The average molecular weight is 372 g/mol. The summed E-state index contributed by atoms with van der Waals surface area (Å²) >= 11 is 1.72. The first-order chi connectivity index (χ1) is 12.8. The van der Waals surface area contributed by atoms with Crippen molar-refractivity contribution in [1.29, 1.82) is 5.26 Å². The molecule has 0 radical (unpaired) electrons. The van der Waals surface area contributed by atoms with Gasteiger partial charge in [0.2, 0.25) is 5.95 Å². The van der Waals surface area contributed by atoms with Gasteiger partial charge >= 0.3 is 0 Å². The fraction of sp³-hybridized carbons (Fsp3) is 0.421. The van der Waals surface area contributed by atoms with Gasteiger partial charge in [-0.1, -0.05) is 26.0 Å². The molecule has 1 fully saturated rings. The van der Waals surface area contributed by atoms with E-state index in [4.69, 9.17) is 10.00 Å². The van der Waals surface area contributed by atoms with E-state index in [9.17, 15) is 0 Å². The SMILES string of the molecule is CC.CSc1ccc(COc2cnc(N3CCN(C#N)CC3)nc2)cc1. The maximum atomic E-state index is 8.87. The number of hydrogen-bond donors (Lipinski definition) is 0. The second-order valence-electron chi connectivity index (χ2n) is 5.43. The molecule has 1 aliphatic heterocycles. The molecule has 0 aliphatic carbocycles. The Morgan fingerprint density at radius 3 is 2.23 bits per heavy atom. The van der Waals surface area contributed by atoms with Crippen molar-refractivity contribution in [1.82, 2.24) is 14.9 Å². The predicted octanol–water partition coefficient (Wildman–Crippen LogP) is 3.41. The van der Waals surface area contributed by atoms with Gasteiger partial charge in [-0.3, -0.25) is 0 Å². The molecule has 1 aliphatic rings. The van der Waals surface area contributed by atoms with Crippen LogP contribution in [0.5, 0.6) is 5.75 Å². The van der Waals surface area contributed by atoms with Gasteiger partial charge in [0, 0.05) is 31.1 Å². The van der Waals surface area contributed by atoms with Crippen LogP contribution in [0.2, 0.25) is 0 Å². The summed E-state index contributed by atoms with van der Waals surface area (Å²) in [6, 6.07) is 8.30. The second kappa shape index (κ2) is 10.5. The molecule has 1 saturated heterocycles. The van der Waals surface area contributed by atoms with Gasteiger partial charge in [0.15, 0.2) is 11.9 Å². The Balaban J connectivity index is 0.00000117. The predicted molar refractivity (Wildman–Crippen MR) is 105 cm³/mol. The molecule has 3 rings (SSSR count). The molecular weight excluding hydrogens is 346 g/mol. The lowest BCUT2D eigenvalue weighted by molar-refractivity contribution is 0.303. The number of benzene rings is 1. The normalized spacial score (nSPS) is 13.5. The molecule has 0 unspecified atom stereocenters. The van der Waals surface area contributed by atoms with E-state index in [1.165, 1.54) is 4.90 Å². The minimum Gasteiger partial charge on any atom is -0.486 e. The Hall–Kier alpha value is -2.46. The van der Waals surface area contributed by atoms with Crippen LogP contribution in [0.1, 0.15) is 19.4 Å². The van der Waals surface area contributed by atoms with Crippen LogP contribution in [0.25, 0.3) is 0 Å². The average Bonchev–Trinajstić information content (AvgIpc) is 2.74. The third-order valence-electron chi connectivity index (χ3n) is 3.88. The molecule has 7 heteroatoms. The van der Waals surface area contributed by atoms with E-state index in [0.29, 0.717) is 31.4 Å². The monoisotopic (exact) mass is 371 g/mol. The Bertz CT molecular complexity index is 691. The number of aromatic nitrogens is 2. The zero-order valence-corrected chi connectivity index (χ0v) is 16.4. The molecule has 1 aromatic carbocycles. The Labute approximate surface area is 159 Å². The molecule has 2 heterocycles. The van der Waals surface area contributed by atoms with Gasteiger partial charge in [-0.25, -0.2) is 9.97 Å². The Morgan fingerprint density at radius 2 is 1.69 bits per heavy atom. The van der Waals surface area contributed by atoms with Crippen LogP contribution in [-0.4, -0.2) is 47.3 Å². The largest absolute Gasteiger partial charge is 0.486 e. The van der Waals surface area contributed by atoms with Crippen LogP contribution in [-0.2, 0) is 6.61 Å². The fourth-order valence-corrected chi connectivity index (χ4v) is 2.85. The maximum absolute atomic E-state index is 8.87. The molecule has 1 aromatic heterocycles. The molecule has 0 atom stereocenters. The molecular formula is C19H25N5OS. The van der Waals surface area contributed by atoms with E-state index in [2.05, 4.69) is 51.6 Å². The maximum Gasteiger partial charge on any atom is 0.225 e. The van der Waals surface area contributed by atoms with Crippen molar-refractivity contribution < 1.29 is 4.74 Å². The summed E-state index contributed by atoms with van der Waals surface area (Å²) in [6.07, 6.45) is 7.64. The third kappa shape index (κ3) is 5.53. The highest BCUT2D eigenvalue weighted by Crippen LogP contribution is 2.17. The van der Waals surface area contributed by atoms with Gasteiger partial charge in [-0.15, -0.1) is 11.8 Å². The van der Waals surface area contributed by atoms with Crippen molar-refractivity contribution in [3.63, 3.8) is 0 Å². The summed E-state index contributed by atoms with van der Waals surface area (Å²) < 4.78 is 5.74. The minimum absolute atomic E-state index is 0.498. The number of thioether (sulfide) groups is 1. The van der Waals surface area contributed by atoms with Gasteiger partial charge in [-0.05, 0) is 24.0 Å². The van der Waals surface area contributed by atoms with Gasteiger partial charge in [0.05, 0.1) is 12.4 Å². The minimum atomic E-state index is 0.498. The molecule has 0 saturated carbocycles. The van der Waals surface area contributed by atoms with Crippen molar-refractivity contribution in [3.8, 4) is 11.9 Å². The zero-order chi connectivity index (χ0) is 18.8. The lowest BCUT2D eigenvalue weighted by Gasteiger charge is -2.31. The highest BCUT2D eigenvalue weighted by Gasteiger charge is 2.17. The number of nitriles is 1. The standard InChI is InChI=1S/C17H19N5OS.C2H6/c1-24-16-4-2-14(3-5-16)12-23-15-10-19-17(20-11-15)22-8-6-21(13-18)7-9-22;1-2/h2-5,10-11H,6-9,12H2,1H3;1-2H3. The van der Waals surface area contributed by atoms with Gasteiger partial charge < -0.3 is 14.5 Å². The number of nitrogens with zero attached hydrogens (tertiary/aromatic N) is 5. The number of piperazine rings is 1. The quantitative estimate of drug-likeness (QED) is 0.589. The van der Waals surface area contributed by atoms with Crippen LogP contribution in [0.15, 0.2) is 41.6 Å². The molecule has 26 heavy (non-hydrogen) atoms. The summed E-state index contributed by atoms with van der Waals surface area (Å²) in [6.45, 7) is 7.44. The van der Waals surface area contributed by atoms with Gasteiger partial charge in [0.1, 0.15) is 6.61 Å². The van der Waals surface area contributed by atoms with Crippen LogP contribution in [0, 0.1) is 11.5 Å². The second-order valence-corrected chi connectivity index (χ2v) is 6.31. The van der Waals surface area contributed by atoms with E-state index in [0.717, 1.165) is 18.7 Å². The molecule has 0 N–H and O–H groups in total. The number of rotatable bonds is 5. The Morgan fingerprint density at radius 1 is 1.08 bits per heavy atom. The first-order valence-corrected chi connectivity index (χ1v) is 9.98. The highest BCUT2D eigenvalue weighted by molar-refractivity contribution is 7.98. The topological polar surface area (TPSA) is 65.3 Å². The number of anilines is 1. The molecule has 2 aromatic rings. The summed E-state index contributed by atoms with van der Waals surface area (Å²) in [5.74, 6) is 1.34. The lowest BCUT2D eigenvalue weighted by atomic mass is 10.2. The third-order valence-corrected chi connectivity index (χ3v) is 4.63. The Kier molecular flexibility index (Phi) is 8.03. The molecule has 6 nitrogen and oxygen atoms in total. The van der Waals surface area contributed by atoms with E-state index in [1.807, 2.05) is 13.8 Å². The van der Waals surface area contributed by atoms with Crippen LogP contribution >= 0.6 is 11.8 Å². The van der Waals surface area contributed by atoms with Crippen molar-refractivity contribution in [2.45, 2.75) is 25.3 Å². The van der Waals surface area contributed by atoms with Crippen molar-refractivity contribution >= 4 is 17.7 Å².